The Kier molecular flexibility index (Phi) is 8.67. The molecule has 4 aromatic carbocycles. The largest absolute Gasteiger partial charge is 0.486 e. The van der Waals surface area contributed by atoms with E-state index in [1.807, 2.05) is 84.0 Å². The molecule has 57 heavy (non-hydrogen) atoms. The molecule has 0 spiro atoms. The van der Waals surface area contributed by atoms with Crippen LogP contribution < -0.4 is 0 Å². The maximum atomic E-state index is 8.90. The summed E-state index contributed by atoms with van der Waals surface area (Å²) in [6, 6.07) is 38.7. The molecule has 8 rings (SSSR count). The summed E-state index contributed by atoms with van der Waals surface area (Å²) in [5.41, 5.74) is 5.87. The molecule has 291 valence electrons. The van der Waals surface area contributed by atoms with Crippen LogP contribution in [-0.4, -0.2) is 15.0 Å². The van der Waals surface area contributed by atoms with Crippen molar-refractivity contribution in [3.05, 3.63) is 173 Å². The normalized spacial score (nSPS) is 15.9. The van der Waals surface area contributed by atoms with Gasteiger partial charge in [-0.1, -0.05) is 120 Å². The molecular weight excluding hydrogens is 875 g/mol. The molecule has 0 N–H and O–H groups in total. The fourth-order valence-corrected chi connectivity index (χ4v) is 6.21. The molecular formula is C52H51IrN3O-2. The molecule has 4 nitrogen and oxygen atoms in total. The number of pyridine rings is 3. The molecule has 0 atom stereocenters. The number of fused-ring (bicyclic) bond motifs is 3. The van der Waals surface area contributed by atoms with Crippen LogP contribution in [0.3, 0.4) is 0 Å². The van der Waals surface area contributed by atoms with Gasteiger partial charge >= 0.3 is 0 Å². The van der Waals surface area contributed by atoms with Crippen molar-refractivity contribution in [1.29, 1.82) is 0 Å². The van der Waals surface area contributed by atoms with E-state index in [2.05, 4.69) is 27.1 Å². The third-order valence-corrected chi connectivity index (χ3v) is 8.59. The number of hydrogen-bond acceptors (Lipinski definition) is 4. The Bertz CT molecular complexity index is 3080. The molecule has 0 amide bonds. The van der Waals surface area contributed by atoms with Crippen molar-refractivity contribution in [3.63, 3.8) is 0 Å². The summed E-state index contributed by atoms with van der Waals surface area (Å²) in [6.45, 7) is 6.67. The van der Waals surface area contributed by atoms with Crippen molar-refractivity contribution in [2.24, 2.45) is 10.8 Å². The van der Waals surface area contributed by atoms with E-state index in [-0.39, 0.29) is 37.1 Å². The monoisotopic (exact) mass is 938 g/mol. The molecule has 8 aromatic rings. The van der Waals surface area contributed by atoms with E-state index in [0.29, 0.717) is 50.2 Å². The third kappa shape index (κ3) is 10.8. The molecule has 0 aliphatic rings. The standard InChI is InChI=1S/C29H27N2O.C23H24N.Ir/c1-19-8-13-24-23-6-5-7-25(27(23)32-28(24)31-19)26-17-22(14-15-30-26)16-20-9-11-21(12-10-20)18-29(2,3)4;1-17-5-9-20(10-6-17)22-15-21(13-14-24-22)19-11-7-18(8-12-19)16-23(2,3)4;/h5-6,8-15,17H,16,18H2,1-4H3;5-9,11-15H,16H2,1-4H3;/q2*-1;/i1D3,16D2,18D2;1D3,16D2;. The first-order chi connectivity index (χ1) is 31.5. The smallest absolute Gasteiger partial charge is 0.216 e. The number of nitrogens with zero attached hydrogens (tertiary/aromatic N) is 3. The number of hydrogen-bond donors (Lipinski definition) is 0. The van der Waals surface area contributed by atoms with Crippen LogP contribution in [0.1, 0.15) is 91.5 Å². The average Bonchev–Trinajstić information content (AvgIpc) is 3.67. The molecule has 0 saturated heterocycles. The second-order valence-corrected chi connectivity index (χ2v) is 15.6. The van der Waals surface area contributed by atoms with Crippen molar-refractivity contribution < 1.29 is 41.0 Å². The van der Waals surface area contributed by atoms with Crippen molar-refractivity contribution in [2.45, 2.75) is 74.4 Å². The van der Waals surface area contributed by atoms with Crippen LogP contribution in [-0.2, 0) is 39.2 Å². The van der Waals surface area contributed by atoms with Gasteiger partial charge in [0.1, 0.15) is 0 Å². The molecule has 0 aliphatic carbocycles. The number of furan rings is 1. The Morgan fingerprint density at radius 2 is 1.32 bits per heavy atom. The first kappa shape index (κ1) is 28.2. The molecule has 4 heterocycles. The zero-order valence-corrected chi connectivity index (χ0v) is 35.1. The van der Waals surface area contributed by atoms with Gasteiger partial charge in [-0.05, 0) is 106 Å². The van der Waals surface area contributed by atoms with Crippen LogP contribution in [0.5, 0.6) is 0 Å². The Balaban J connectivity index is 0.000000233. The van der Waals surface area contributed by atoms with E-state index in [4.69, 9.17) is 20.9 Å². The van der Waals surface area contributed by atoms with Crippen molar-refractivity contribution in [1.82, 2.24) is 15.0 Å². The summed E-state index contributed by atoms with van der Waals surface area (Å²) in [6.07, 6.45) is -1.67. The van der Waals surface area contributed by atoms with Gasteiger partial charge in [0.05, 0.1) is 5.58 Å². The summed E-state index contributed by atoms with van der Waals surface area (Å²) in [4.78, 5) is 13.0. The summed E-state index contributed by atoms with van der Waals surface area (Å²) < 4.78 is 103. The van der Waals surface area contributed by atoms with Gasteiger partial charge in [0.2, 0.25) is 5.71 Å². The van der Waals surface area contributed by atoms with E-state index >= 15 is 0 Å². The number of aromatic nitrogens is 3. The molecule has 0 bridgehead atoms. The fraction of sp³-hybridized carbons (Fsp3) is 0.250. The number of rotatable bonds is 7. The SMILES string of the molecule is [2H]C([2H])([2H])c1c[c-]c(-c2cc(-c3ccc(C([2H])([2H])C(C)(C)C)cc3)ccn2)cc1.[2H]C([2H])([2H])c1ccc2c(n1)oc1c(-c3cc(C([2H])([2H])c4ccc(C([2H])([2H])C(C)(C)C)cc4)ccn3)[c-]ccc12.[Ir]. The van der Waals surface area contributed by atoms with Gasteiger partial charge in [0.15, 0.2) is 0 Å². The maximum absolute atomic E-state index is 8.90. The van der Waals surface area contributed by atoms with Crippen LogP contribution in [0.4, 0.5) is 0 Å². The number of aryl methyl sites for hydroxylation is 2. The van der Waals surface area contributed by atoms with Crippen molar-refractivity contribution >= 4 is 22.1 Å². The van der Waals surface area contributed by atoms with E-state index in [1.165, 1.54) is 18.3 Å². The maximum Gasteiger partial charge on any atom is 0.216 e. The van der Waals surface area contributed by atoms with Gasteiger partial charge in [0.25, 0.3) is 0 Å². The van der Waals surface area contributed by atoms with E-state index in [9.17, 15) is 0 Å². The van der Waals surface area contributed by atoms with Crippen LogP contribution >= 0.6 is 0 Å². The zero-order chi connectivity index (χ0) is 49.8. The second kappa shape index (κ2) is 17.5. The average molecular weight is 938 g/mol. The molecule has 0 aliphatic heterocycles. The van der Waals surface area contributed by atoms with E-state index in [0.717, 1.165) is 22.1 Å². The van der Waals surface area contributed by atoms with E-state index < -0.39 is 43.7 Å². The fourth-order valence-electron chi connectivity index (χ4n) is 6.21. The summed E-state index contributed by atoms with van der Waals surface area (Å²) >= 11 is 0. The number of benzene rings is 4. The van der Waals surface area contributed by atoms with Gasteiger partial charge in [-0.2, -0.15) is 0 Å². The molecule has 0 fully saturated rings. The first-order valence-electron chi connectivity index (χ1n) is 24.4. The Hall–Kier alpha value is -5.22. The van der Waals surface area contributed by atoms with Gasteiger partial charge in [-0.25, -0.2) is 4.98 Å². The molecule has 0 saturated carbocycles. The van der Waals surface area contributed by atoms with E-state index in [1.54, 1.807) is 66.9 Å². The minimum absolute atomic E-state index is 0. The molecule has 0 unspecified atom stereocenters. The van der Waals surface area contributed by atoms with Gasteiger partial charge < -0.3 is 14.4 Å². The van der Waals surface area contributed by atoms with Crippen molar-refractivity contribution in [2.75, 3.05) is 0 Å². The minimum Gasteiger partial charge on any atom is -0.486 e. The zero-order valence-electron chi connectivity index (χ0n) is 44.7. The second-order valence-electron chi connectivity index (χ2n) is 15.6. The van der Waals surface area contributed by atoms with Gasteiger partial charge in [0, 0.05) is 60.0 Å². The molecule has 5 heteroatoms. The van der Waals surface area contributed by atoms with Gasteiger partial charge in [-0.3, -0.25) is 0 Å². The van der Waals surface area contributed by atoms with Crippen LogP contribution in [0, 0.1) is 36.7 Å². The third-order valence-electron chi connectivity index (χ3n) is 8.59. The first-order valence-corrected chi connectivity index (χ1v) is 18.4. The Labute approximate surface area is 369 Å². The Morgan fingerprint density at radius 3 is 1.98 bits per heavy atom. The van der Waals surface area contributed by atoms with Crippen molar-refractivity contribution in [3.8, 4) is 33.6 Å². The molecule has 1 radical (unpaired) electrons. The quantitative estimate of drug-likeness (QED) is 0.149. The minimum atomic E-state index is -2.36. The van der Waals surface area contributed by atoms with Crippen LogP contribution in [0.15, 0.2) is 132 Å². The predicted molar refractivity (Wildman–Crippen MR) is 233 cm³/mol. The summed E-state index contributed by atoms with van der Waals surface area (Å²) in [5.74, 6) is 0. The molecule has 4 aromatic heterocycles. The summed E-state index contributed by atoms with van der Waals surface area (Å²) in [5, 5.41) is 1.39. The van der Waals surface area contributed by atoms with Crippen LogP contribution in [0.25, 0.3) is 55.7 Å². The Morgan fingerprint density at radius 1 is 0.632 bits per heavy atom. The summed E-state index contributed by atoms with van der Waals surface area (Å²) in [7, 11) is 0. The van der Waals surface area contributed by atoms with Gasteiger partial charge in [-0.15, -0.1) is 53.6 Å². The topological polar surface area (TPSA) is 51.8 Å². The predicted octanol–water partition coefficient (Wildman–Crippen LogP) is 13.4. The van der Waals surface area contributed by atoms with Crippen LogP contribution in [0.2, 0.25) is 0 Å².